The standard InChI is InChI=1S/C25H21N5O2S/c31-22(11-12-23-27-25(29-32-23)19-13-14-33-17-19)26-15-20-16-30(21-9-5-2-6-10-21)28-24(20)18-7-3-1-4-8-18/h1-10,13-14,16-17H,11-12,15H2,(H,26,31). The van der Waals surface area contributed by atoms with Crippen molar-refractivity contribution < 1.29 is 9.32 Å². The van der Waals surface area contributed by atoms with E-state index in [1.807, 2.05) is 88.4 Å². The molecular formula is C25H21N5O2S. The second-order valence-corrected chi connectivity index (χ2v) is 8.23. The molecular weight excluding hydrogens is 434 g/mol. The Kier molecular flexibility index (Phi) is 6.08. The van der Waals surface area contributed by atoms with Crippen LogP contribution < -0.4 is 5.32 Å². The zero-order valence-electron chi connectivity index (χ0n) is 17.7. The van der Waals surface area contributed by atoms with Gasteiger partial charge in [0.2, 0.25) is 17.6 Å². The van der Waals surface area contributed by atoms with Gasteiger partial charge in [-0.1, -0.05) is 53.7 Å². The summed E-state index contributed by atoms with van der Waals surface area (Å²) >= 11 is 1.57. The summed E-state index contributed by atoms with van der Waals surface area (Å²) in [5, 5.41) is 15.7. The van der Waals surface area contributed by atoms with Crippen molar-refractivity contribution >= 4 is 17.2 Å². The van der Waals surface area contributed by atoms with Crippen LogP contribution in [0.25, 0.3) is 28.3 Å². The van der Waals surface area contributed by atoms with E-state index in [1.54, 1.807) is 11.3 Å². The van der Waals surface area contributed by atoms with Gasteiger partial charge in [-0.3, -0.25) is 4.79 Å². The zero-order chi connectivity index (χ0) is 22.5. The summed E-state index contributed by atoms with van der Waals surface area (Å²) in [7, 11) is 0. The van der Waals surface area contributed by atoms with Gasteiger partial charge in [0.15, 0.2) is 0 Å². The molecule has 0 aliphatic carbocycles. The summed E-state index contributed by atoms with van der Waals surface area (Å²) in [6.45, 7) is 0.375. The fraction of sp³-hybridized carbons (Fsp3) is 0.120. The van der Waals surface area contributed by atoms with Gasteiger partial charge < -0.3 is 9.84 Å². The van der Waals surface area contributed by atoms with E-state index in [0.717, 1.165) is 28.1 Å². The van der Waals surface area contributed by atoms with E-state index < -0.39 is 0 Å². The fourth-order valence-electron chi connectivity index (χ4n) is 3.46. The lowest BCUT2D eigenvalue weighted by Gasteiger charge is -2.05. The van der Waals surface area contributed by atoms with Crippen LogP contribution in [0.1, 0.15) is 17.9 Å². The third-order valence-corrected chi connectivity index (χ3v) is 5.83. The van der Waals surface area contributed by atoms with Crippen molar-refractivity contribution in [1.82, 2.24) is 25.2 Å². The fourth-order valence-corrected chi connectivity index (χ4v) is 4.09. The number of hydrogen-bond acceptors (Lipinski definition) is 6. The van der Waals surface area contributed by atoms with Gasteiger partial charge in [-0.05, 0) is 23.6 Å². The predicted molar refractivity (Wildman–Crippen MR) is 127 cm³/mol. The molecule has 2 aromatic carbocycles. The minimum atomic E-state index is -0.0863. The van der Waals surface area contributed by atoms with Gasteiger partial charge in [-0.15, -0.1) is 0 Å². The van der Waals surface area contributed by atoms with Crippen molar-refractivity contribution in [3.05, 3.63) is 95.1 Å². The highest BCUT2D eigenvalue weighted by Crippen LogP contribution is 2.24. The number of carbonyl (C=O) groups is 1. The van der Waals surface area contributed by atoms with E-state index in [1.165, 1.54) is 0 Å². The van der Waals surface area contributed by atoms with Crippen LogP contribution in [0.4, 0.5) is 0 Å². The molecule has 3 heterocycles. The average Bonchev–Trinajstić information content (AvgIpc) is 3.63. The minimum Gasteiger partial charge on any atom is -0.352 e. The number of rotatable bonds is 8. The maximum atomic E-state index is 12.5. The van der Waals surface area contributed by atoms with Crippen molar-refractivity contribution in [3.8, 4) is 28.3 Å². The lowest BCUT2D eigenvalue weighted by Crippen LogP contribution is -2.23. The maximum absolute atomic E-state index is 12.5. The number of aryl methyl sites for hydroxylation is 1. The average molecular weight is 456 g/mol. The maximum Gasteiger partial charge on any atom is 0.227 e. The molecule has 0 saturated carbocycles. The lowest BCUT2D eigenvalue weighted by molar-refractivity contribution is -0.121. The van der Waals surface area contributed by atoms with Gasteiger partial charge in [0.25, 0.3) is 0 Å². The molecule has 0 atom stereocenters. The van der Waals surface area contributed by atoms with E-state index in [0.29, 0.717) is 24.7 Å². The van der Waals surface area contributed by atoms with Crippen LogP contribution in [-0.4, -0.2) is 25.8 Å². The molecule has 0 aliphatic heterocycles. The first kappa shape index (κ1) is 20.8. The summed E-state index contributed by atoms with van der Waals surface area (Å²) < 4.78 is 7.12. The topological polar surface area (TPSA) is 85.8 Å². The zero-order valence-corrected chi connectivity index (χ0v) is 18.5. The highest BCUT2D eigenvalue weighted by atomic mass is 32.1. The molecule has 164 valence electrons. The summed E-state index contributed by atoms with van der Waals surface area (Å²) in [5.41, 5.74) is 4.67. The Balaban J connectivity index is 1.26. The largest absolute Gasteiger partial charge is 0.352 e. The first-order chi connectivity index (χ1) is 16.3. The van der Waals surface area contributed by atoms with E-state index in [-0.39, 0.29) is 12.3 Å². The van der Waals surface area contributed by atoms with Crippen LogP contribution >= 0.6 is 11.3 Å². The van der Waals surface area contributed by atoms with E-state index in [2.05, 4.69) is 15.5 Å². The molecule has 5 rings (SSSR count). The molecule has 3 aromatic heterocycles. The Labute approximate surface area is 194 Å². The molecule has 5 aromatic rings. The molecule has 0 fully saturated rings. The smallest absolute Gasteiger partial charge is 0.227 e. The van der Waals surface area contributed by atoms with E-state index >= 15 is 0 Å². The summed E-state index contributed by atoms with van der Waals surface area (Å²) in [4.78, 5) is 16.9. The number of aromatic nitrogens is 4. The Bertz CT molecular complexity index is 1330. The second kappa shape index (κ2) is 9.62. The predicted octanol–water partition coefficient (Wildman–Crippen LogP) is 4.90. The Morgan fingerprint density at radius 2 is 1.79 bits per heavy atom. The molecule has 0 radical (unpaired) electrons. The number of hydrogen-bond donors (Lipinski definition) is 1. The molecule has 0 aliphatic rings. The summed E-state index contributed by atoms with van der Waals surface area (Å²) in [6.07, 6.45) is 2.61. The van der Waals surface area contributed by atoms with Gasteiger partial charge in [0.05, 0.1) is 11.4 Å². The number of benzene rings is 2. The monoisotopic (exact) mass is 455 g/mol. The van der Waals surface area contributed by atoms with Gasteiger partial charge in [-0.25, -0.2) is 4.68 Å². The van der Waals surface area contributed by atoms with Gasteiger partial charge in [0.1, 0.15) is 0 Å². The number of thiophene rings is 1. The van der Waals surface area contributed by atoms with Crippen molar-refractivity contribution in [3.63, 3.8) is 0 Å². The highest BCUT2D eigenvalue weighted by Gasteiger charge is 2.15. The first-order valence-corrected chi connectivity index (χ1v) is 11.5. The third-order valence-electron chi connectivity index (χ3n) is 5.15. The number of nitrogens with zero attached hydrogens (tertiary/aromatic N) is 4. The van der Waals surface area contributed by atoms with Crippen LogP contribution in [0.15, 0.2) is 88.2 Å². The first-order valence-electron chi connectivity index (χ1n) is 10.6. The van der Waals surface area contributed by atoms with Crippen LogP contribution in [0.5, 0.6) is 0 Å². The van der Waals surface area contributed by atoms with E-state index in [9.17, 15) is 4.79 Å². The van der Waals surface area contributed by atoms with Crippen LogP contribution in [-0.2, 0) is 17.8 Å². The van der Waals surface area contributed by atoms with Gasteiger partial charge in [0, 0.05) is 47.7 Å². The minimum absolute atomic E-state index is 0.0863. The molecule has 0 spiro atoms. The Morgan fingerprint density at radius 1 is 1.00 bits per heavy atom. The summed E-state index contributed by atoms with van der Waals surface area (Å²) in [5.74, 6) is 0.914. The van der Waals surface area contributed by atoms with Gasteiger partial charge in [-0.2, -0.15) is 21.4 Å². The van der Waals surface area contributed by atoms with Crippen molar-refractivity contribution in [1.29, 1.82) is 0 Å². The van der Waals surface area contributed by atoms with Crippen LogP contribution in [0, 0.1) is 0 Å². The summed E-state index contributed by atoms with van der Waals surface area (Å²) in [6, 6.07) is 21.8. The van der Waals surface area contributed by atoms with E-state index in [4.69, 9.17) is 9.62 Å². The third kappa shape index (κ3) is 4.91. The molecule has 1 amide bonds. The number of carbonyl (C=O) groups excluding carboxylic acids is 1. The normalized spacial score (nSPS) is 10.9. The quantitative estimate of drug-likeness (QED) is 0.360. The molecule has 1 N–H and O–H groups in total. The Morgan fingerprint density at radius 3 is 2.55 bits per heavy atom. The molecule has 0 saturated heterocycles. The Hall–Kier alpha value is -4.04. The highest BCUT2D eigenvalue weighted by molar-refractivity contribution is 7.08. The SMILES string of the molecule is O=C(CCc1nc(-c2ccsc2)no1)NCc1cn(-c2ccccc2)nc1-c1ccccc1. The van der Waals surface area contributed by atoms with Crippen molar-refractivity contribution in [2.45, 2.75) is 19.4 Å². The number of amides is 1. The molecule has 0 unspecified atom stereocenters. The molecule has 7 nitrogen and oxygen atoms in total. The number of nitrogens with one attached hydrogen (secondary N) is 1. The molecule has 33 heavy (non-hydrogen) atoms. The van der Waals surface area contributed by atoms with Crippen molar-refractivity contribution in [2.75, 3.05) is 0 Å². The van der Waals surface area contributed by atoms with Crippen molar-refractivity contribution in [2.24, 2.45) is 0 Å². The van der Waals surface area contributed by atoms with Crippen LogP contribution in [0.2, 0.25) is 0 Å². The lowest BCUT2D eigenvalue weighted by atomic mass is 10.1. The second-order valence-electron chi connectivity index (χ2n) is 7.45. The molecule has 8 heteroatoms. The van der Waals surface area contributed by atoms with Crippen LogP contribution in [0.3, 0.4) is 0 Å². The molecule has 0 bridgehead atoms. The number of para-hydroxylation sites is 1. The van der Waals surface area contributed by atoms with Gasteiger partial charge >= 0.3 is 0 Å².